The number of rotatable bonds is 6. The van der Waals surface area contributed by atoms with Gasteiger partial charge in [0, 0.05) is 43.1 Å². The molecular formula is C28H35N3O2. The number of fused-ring (bicyclic) bond motifs is 1. The maximum Gasteiger partial charge on any atom is 0.270 e. The molecule has 1 aromatic heterocycles. The molecule has 0 aliphatic carbocycles. The lowest BCUT2D eigenvalue weighted by Gasteiger charge is -2.31. The first-order valence-electron chi connectivity index (χ1n) is 12.4. The van der Waals surface area contributed by atoms with Crippen molar-refractivity contribution in [3.63, 3.8) is 0 Å². The Morgan fingerprint density at radius 2 is 1.82 bits per heavy atom. The molecule has 174 valence electrons. The van der Waals surface area contributed by atoms with E-state index in [1.165, 1.54) is 5.56 Å². The molecule has 1 unspecified atom stereocenters. The minimum atomic E-state index is 0.107. The Morgan fingerprint density at radius 1 is 1.03 bits per heavy atom. The second-order valence-corrected chi connectivity index (χ2v) is 9.97. The maximum atomic E-state index is 13.2. The molecule has 2 fully saturated rings. The van der Waals surface area contributed by atoms with Gasteiger partial charge in [0.15, 0.2) is 0 Å². The van der Waals surface area contributed by atoms with Crippen LogP contribution in [0.25, 0.3) is 10.9 Å². The van der Waals surface area contributed by atoms with Gasteiger partial charge < -0.3 is 14.6 Å². The van der Waals surface area contributed by atoms with Gasteiger partial charge in [0.1, 0.15) is 17.5 Å². The number of amides is 1. The van der Waals surface area contributed by atoms with Crippen molar-refractivity contribution in [3.05, 3.63) is 65.9 Å². The van der Waals surface area contributed by atoms with Crippen LogP contribution in [0.15, 0.2) is 54.6 Å². The quantitative estimate of drug-likeness (QED) is 0.573. The number of aromatic nitrogens is 1. The number of hydrogen-bond donors (Lipinski definition) is 1. The molecule has 0 bridgehead atoms. The van der Waals surface area contributed by atoms with Crippen LogP contribution in [0.1, 0.15) is 49.2 Å². The van der Waals surface area contributed by atoms with Gasteiger partial charge in [-0.15, -0.1) is 0 Å². The number of benzene rings is 2. The number of nitrogens with zero attached hydrogens (tertiary/aromatic N) is 2. The van der Waals surface area contributed by atoms with Crippen LogP contribution in [0.3, 0.4) is 0 Å². The number of carbonyl (C=O) groups is 1. The Balaban J connectivity index is 1.19. The minimum Gasteiger partial charge on any atom is -0.489 e. The second kappa shape index (κ2) is 9.60. The highest BCUT2D eigenvalue weighted by atomic mass is 16.5. The molecule has 2 aromatic carbocycles. The first kappa shape index (κ1) is 22.0. The summed E-state index contributed by atoms with van der Waals surface area (Å²) in [7, 11) is 0. The lowest BCUT2D eigenvalue weighted by atomic mass is 9.90. The molecule has 0 spiro atoms. The number of ether oxygens (including phenoxy) is 1. The van der Waals surface area contributed by atoms with E-state index in [1.54, 1.807) is 0 Å². The van der Waals surface area contributed by atoms with Crippen molar-refractivity contribution in [2.24, 2.45) is 5.92 Å². The van der Waals surface area contributed by atoms with Crippen molar-refractivity contribution in [1.29, 1.82) is 0 Å². The van der Waals surface area contributed by atoms with Crippen LogP contribution in [-0.2, 0) is 6.42 Å². The Morgan fingerprint density at radius 3 is 2.55 bits per heavy atom. The van der Waals surface area contributed by atoms with E-state index < -0.39 is 0 Å². The van der Waals surface area contributed by atoms with E-state index in [4.69, 9.17) is 4.74 Å². The average molecular weight is 446 g/mol. The fraction of sp³-hybridized carbons (Fsp3) is 0.464. The van der Waals surface area contributed by atoms with Gasteiger partial charge in [0.2, 0.25) is 0 Å². The van der Waals surface area contributed by atoms with Gasteiger partial charge >= 0.3 is 0 Å². The van der Waals surface area contributed by atoms with Crippen molar-refractivity contribution in [2.45, 2.75) is 51.7 Å². The summed E-state index contributed by atoms with van der Waals surface area (Å²) in [5, 5.41) is 1.04. The van der Waals surface area contributed by atoms with Gasteiger partial charge in [0.05, 0.1) is 0 Å². The van der Waals surface area contributed by atoms with Crippen LogP contribution in [0, 0.1) is 5.92 Å². The monoisotopic (exact) mass is 445 g/mol. The SMILES string of the molecule is CC(C)N1CCC(Oc2ccc3[nH]c(C(=O)N4CCC(Cc5ccccc5)CC4)cc3c2)C1. The summed E-state index contributed by atoms with van der Waals surface area (Å²) in [4.78, 5) is 20.9. The van der Waals surface area contributed by atoms with Crippen molar-refractivity contribution < 1.29 is 9.53 Å². The first-order valence-corrected chi connectivity index (χ1v) is 12.4. The smallest absolute Gasteiger partial charge is 0.270 e. The molecule has 5 rings (SSSR count). The zero-order valence-electron chi connectivity index (χ0n) is 19.8. The van der Waals surface area contributed by atoms with Gasteiger partial charge in [-0.2, -0.15) is 0 Å². The largest absolute Gasteiger partial charge is 0.489 e. The van der Waals surface area contributed by atoms with Crippen molar-refractivity contribution in [1.82, 2.24) is 14.8 Å². The van der Waals surface area contributed by atoms with Gasteiger partial charge in [-0.05, 0) is 75.3 Å². The van der Waals surface area contributed by atoms with Crippen molar-refractivity contribution >= 4 is 16.8 Å². The highest BCUT2D eigenvalue weighted by molar-refractivity contribution is 5.98. The summed E-state index contributed by atoms with van der Waals surface area (Å²) in [5.74, 6) is 1.65. The van der Waals surface area contributed by atoms with E-state index in [-0.39, 0.29) is 12.0 Å². The Bertz CT molecular complexity index is 1080. The molecule has 0 radical (unpaired) electrons. The van der Waals surface area contributed by atoms with Crippen molar-refractivity contribution in [3.8, 4) is 5.75 Å². The lowest BCUT2D eigenvalue weighted by Crippen LogP contribution is -2.39. The van der Waals surface area contributed by atoms with Crippen LogP contribution >= 0.6 is 0 Å². The second-order valence-electron chi connectivity index (χ2n) is 9.97. The summed E-state index contributed by atoms with van der Waals surface area (Å²) in [6, 6.07) is 19.3. The van der Waals surface area contributed by atoms with Gasteiger partial charge in [0.25, 0.3) is 5.91 Å². The van der Waals surface area contributed by atoms with Crippen LogP contribution < -0.4 is 4.74 Å². The lowest BCUT2D eigenvalue weighted by molar-refractivity contribution is 0.0685. The van der Waals surface area contributed by atoms with E-state index in [9.17, 15) is 4.79 Å². The van der Waals surface area contributed by atoms with E-state index in [1.807, 2.05) is 23.1 Å². The van der Waals surface area contributed by atoms with E-state index >= 15 is 0 Å². The number of hydrogen-bond acceptors (Lipinski definition) is 3. The predicted molar refractivity (Wildman–Crippen MR) is 133 cm³/mol. The summed E-state index contributed by atoms with van der Waals surface area (Å²) in [6.07, 6.45) is 4.53. The predicted octanol–water partition coefficient (Wildman–Crippen LogP) is 5.12. The number of aromatic amines is 1. The van der Waals surface area contributed by atoms with E-state index in [2.05, 4.69) is 60.1 Å². The Hall–Kier alpha value is -2.79. The number of H-pyrrole nitrogens is 1. The van der Waals surface area contributed by atoms with Crippen LogP contribution in [-0.4, -0.2) is 59.0 Å². The molecule has 2 saturated heterocycles. The molecule has 2 aliphatic heterocycles. The molecule has 1 N–H and O–H groups in total. The summed E-state index contributed by atoms with van der Waals surface area (Å²) >= 11 is 0. The molecule has 1 atom stereocenters. The first-order chi connectivity index (χ1) is 16.0. The van der Waals surface area contributed by atoms with Gasteiger partial charge in [-0.1, -0.05) is 30.3 Å². The number of nitrogens with one attached hydrogen (secondary N) is 1. The molecule has 3 heterocycles. The third-order valence-corrected chi connectivity index (χ3v) is 7.30. The standard InChI is InChI=1S/C28H35N3O2/c1-20(2)31-15-12-25(19-31)33-24-8-9-26-23(17-24)18-27(29-26)28(32)30-13-10-22(11-14-30)16-21-6-4-3-5-7-21/h3-9,17-18,20,22,25,29H,10-16,19H2,1-2H3. The Kier molecular flexibility index (Phi) is 6.41. The summed E-state index contributed by atoms with van der Waals surface area (Å²) < 4.78 is 6.26. The zero-order valence-corrected chi connectivity index (χ0v) is 19.8. The molecule has 0 saturated carbocycles. The van der Waals surface area contributed by atoms with Crippen LogP contribution in [0.2, 0.25) is 0 Å². The third kappa shape index (κ3) is 5.09. The zero-order chi connectivity index (χ0) is 22.8. The van der Waals surface area contributed by atoms with Crippen LogP contribution in [0.4, 0.5) is 0 Å². The van der Waals surface area contributed by atoms with Gasteiger partial charge in [-0.3, -0.25) is 9.69 Å². The molecule has 5 heteroatoms. The maximum absolute atomic E-state index is 13.2. The molecule has 33 heavy (non-hydrogen) atoms. The summed E-state index contributed by atoms with van der Waals surface area (Å²) in [6.45, 7) is 8.20. The molecule has 5 nitrogen and oxygen atoms in total. The minimum absolute atomic E-state index is 0.107. The van der Waals surface area contributed by atoms with E-state index in [0.29, 0.717) is 17.7 Å². The van der Waals surface area contributed by atoms with Gasteiger partial charge in [-0.25, -0.2) is 0 Å². The number of carbonyl (C=O) groups excluding carboxylic acids is 1. The highest BCUT2D eigenvalue weighted by Crippen LogP contribution is 2.27. The third-order valence-electron chi connectivity index (χ3n) is 7.30. The Labute approximate surface area is 196 Å². The summed E-state index contributed by atoms with van der Waals surface area (Å²) in [5.41, 5.74) is 3.06. The number of likely N-dealkylation sites (tertiary alicyclic amines) is 2. The van der Waals surface area contributed by atoms with E-state index in [0.717, 1.165) is 68.5 Å². The topological polar surface area (TPSA) is 48.6 Å². The number of piperidine rings is 1. The highest BCUT2D eigenvalue weighted by Gasteiger charge is 2.27. The molecule has 3 aromatic rings. The molecule has 2 aliphatic rings. The fourth-order valence-electron chi connectivity index (χ4n) is 5.27. The molecular weight excluding hydrogens is 410 g/mol. The fourth-order valence-corrected chi connectivity index (χ4v) is 5.27. The normalized spacial score (nSPS) is 20.1. The average Bonchev–Trinajstić information content (AvgIpc) is 3.47. The van der Waals surface area contributed by atoms with Crippen molar-refractivity contribution in [2.75, 3.05) is 26.2 Å². The molecule has 1 amide bonds. The van der Waals surface area contributed by atoms with Crippen LogP contribution in [0.5, 0.6) is 5.75 Å².